The fourth-order valence-electron chi connectivity index (χ4n) is 2.32. The van der Waals surface area contributed by atoms with Crippen molar-refractivity contribution in [1.82, 2.24) is 15.5 Å². The van der Waals surface area contributed by atoms with Crippen LogP contribution in [-0.2, 0) is 9.53 Å². The van der Waals surface area contributed by atoms with Gasteiger partial charge in [0, 0.05) is 25.0 Å². The molecule has 0 saturated carbocycles. The van der Waals surface area contributed by atoms with E-state index in [4.69, 9.17) is 4.74 Å². The van der Waals surface area contributed by atoms with Gasteiger partial charge in [0.25, 0.3) is 0 Å². The van der Waals surface area contributed by atoms with E-state index >= 15 is 0 Å². The van der Waals surface area contributed by atoms with Gasteiger partial charge in [-0.1, -0.05) is 12.1 Å². The third kappa shape index (κ3) is 4.30. The number of nitrogens with one attached hydrogen (secondary N) is 3. The number of halogens is 1. The van der Waals surface area contributed by atoms with Crippen LogP contribution < -0.4 is 10.6 Å². The molecule has 0 bridgehead atoms. The zero-order chi connectivity index (χ0) is 14.5. The molecule has 1 unspecified atom stereocenters. The van der Waals surface area contributed by atoms with Crippen LogP contribution >= 0.6 is 12.4 Å². The van der Waals surface area contributed by atoms with Crippen LogP contribution in [0.15, 0.2) is 36.5 Å². The number of anilines is 1. The average molecular weight is 323 g/mol. The molecular weight excluding hydrogens is 304 g/mol. The summed E-state index contributed by atoms with van der Waals surface area (Å²) in [6, 6.07) is 9.56. The van der Waals surface area contributed by atoms with Crippen molar-refractivity contribution >= 4 is 24.0 Å². The molecule has 0 aliphatic carbocycles. The minimum atomic E-state index is -0.0389. The highest BCUT2D eigenvalue weighted by molar-refractivity contribution is 5.91. The Labute approximate surface area is 135 Å². The fourth-order valence-corrected chi connectivity index (χ4v) is 2.32. The van der Waals surface area contributed by atoms with Gasteiger partial charge < -0.3 is 15.4 Å². The number of hydrogen-bond donors (Lipinski definition) is 3. The molecule has 2 aromatic rings. The summed E-state index contributed by atoms with van der Waals surface area (Å²) in [6.07, 6.45) is 2.04. The molecule has 3 rings (SSSR count). The normalized spacial score (nSPS) is 17.5. The minimum Gasteiger partial charge on any atom is -0.375 e. The first-order valence-corrected chi connectivity index (χ1v) is 7.03. The number of benzene rings is 1. The van der Waals surface area contributed by atoms with Crippen LogP contribution in [0.2, 0.25) is 0 Å². The number of aromatic amines is 1. The number of carbonyl (C=O) groups is 1. The summed E-state index contributed by atoms with van der Waals surface area (Å²) >= 11 is 0. The third-order valence-corrected chi connectivity index (χ3v) is 3.40. The molecule has 0 radical (unpaired) electrons. The molecule has 1 saturated heterocycles. The standard InChI is InChI=1S/C15H18N4O2.ClH/c20-15(9-13-10-16-7-8-21-13)18-12-3-1-11(2-4-12)14-5-6-17-19-14;/h1-6,13,16H,7-10H2,(H,17,19)(H,18,20);1H. The average Bonchev–Trinajstić information content (AvgIpc) is 3.03. The van der Waals surface area contributed by atoms with Crippen molar-refractivity contribution in [2.45, 2.75) is 12.5 Å². The summed E-state index contributed by atoms with van der Waals surface area (Å²) in [6.45, 7) is 2.25. The lowest BCUT2D eigenvalue weighted by Gasteiger charge is -2.23. The van der Waals surface area contributed by atoms with Crippen LogP contribution in [-0.4, -0.2) is 41.9 Å². The van der Waals surface area contributed by atoms with Gasteiger partial charge in [-0.05, 0) is 23.8 Å². The Morgan fingerprint density at radius 3 is 2.77 bits per heavy atom. The number of carbonyl (C=O) groups excluding carboxylic acids is 1. The first-order chi connectivity index (χ1) is 10.3. The summed E-state index contributed by atoms with van der Waals surface area (Å²) in [5.74, 6) is -0.0296. The highest BCUT2D eigenvalue weighted by atomic mass is 35.5. The summed E-state index contributed by atoms with van der Waals surface area (Å²) in [5.41, 5.74) is 2.77. The van der Waals surface area contributed by atoms with Crippen LogP contribution in [0.3, 0.4) is 0 Å². The molecule has 7 heteroatoms. The predicted molar refractivity (Wildman–Crippen MR) is 87.1 cm³/mol. The van der Waals surface area contributed by atoms with Gasteiger partial charge in [0.05, 0.1) is 24.8 Å². The van der Waals surface area contributed by atoms with Crippen LogP contribution in [0.5, 0.6) is 0 Å². The Balaban J connectivity index is 0.00000176. The maximum absolute atomic E-state index is 12.0. The van der Waals surface area contributed by atoms with Gasteiger partial charge in [0.15, 0.2) is 0 Å². The number of rotatable bonds is 4. The van der Waals surface area contributed by atoms with Gasteiger partial charge in [0.2, 0.25) is 5.91 Å². The quantitative estimate of drug-likeness (QED) is 0.802. The second-order valence-electron chi connectivity index (χ2n) is 5.00. The van der Waals surface area contributed by atoms with Crippen molar-refractivity contribution in [2.24, 2.45) is 0 Å². The van der Waals surface area contributed by atoms with E-state index in [2.05, 4.69) is 20.8 Å². The number of aromatic nitrogens is 2. The SMILES string of the molecule is Cl.O=C(CC1CNCCO1)Nc1ccc(-c2ccn[nH]2)cc1. The Morgan fingerprint density at radius 2 is 2.14 bits per heavy atom. The van der Waals surface area contributed by atoms with Gasteiger partial charge in [-0.15, -0.1) is 12.4 Å². The molecular formula is C15H19ClN4O2. The predicted octanol–water partition coefficient (Wildman–Crippen LogP) is 1.82. The van der Waals surface area contributed by atoms with Crippen LogP contribution in [0.1, 0.15) is 6.42 Å². The van der Waals surface area contributed by atoms with Crippen molar-refractivity contribution in [3.63, 3.8) is 0 Å². The highest BCUT2D eigenvalue weighted by Gasteiger charge is 2.17. The third-order valence-electron chi connectivity index (χ3n) is 3.40. The summed E-state index contributed by atoms with van der Waals surface area (Å²) < 4.78 is 5.52. The van der Waals surface area contributed by atoms with Crippen LogP contribution in [0, 0.1) is 0 Å². The molecule has 118 valence electrons. The van der Waals surface area contributed by atoms with Crippen LogP contribution in [0.25, 0.3) is 11.3 Å². The van der Waals surface area contributed by atoms with Crippen molar-refractivity contribution < 1.29 is 9.53 Å². The fraction of sp³-hybridized carbons (Fsp3) is 0.333. The molecule has 1 aromatic heterocycles. The van der Waals surface area contributed by atoms with E-state index in [-0.39, 0.29) is 24.4 Å². The van der Waals surface area contributed by atoms with Gasteiger partial charge in [0.1, 0.15) is 0 Å². The molecule has 6 nitrogen and oxygen atoms in total. The number of ether oxygens (including phenoxy) is 1. The van der Waals surface area contributed by atoms with Crippen LogP contribution in [0.4, 0.5) is 5.69 Å². The lowest BCUT2D eigenvalue weighted by molar-refractivity contribution is -0.119. The summed E-state index contributed by atoms with van der Waals surface area (Å²) in [5, 5.41) is 12.9. The Kier molecular flexibility index (Phi) is 5.94. The molecule has 1 aliphatic heterocycles. The zero-order valence-corrected chi connectivity index (χ0v) is 12.9. The van der Waals surface area contributed by atoms with E-state index in [0.29, 0.717) is 13.0 Å². The molecule has 3 N–H and O–H groups in total. The van der Waals surface area contributed by atoms with Gasteiger partial charge in [-0.3, -0.25) is 9.89 Å². The number of H-pyrrole nitrogens is 1. The molecule has 1 atom stereocenters. The first kappa shape index (κ1) is 16.5. The molecule has 1 fully saturated rings. The maximum atomic E-state index is 12.0. The van der Waals surface area contributed by atoms with E-state index in [1.807, 2.05) is 30.3 Å². The zero-order valence-electron chi connectivity index (χ0n) is 12.0. The maximum Gasteiger partial charge on any atom is 0.227 e. The van der Waals surface area contributed by atoms with Gasteiger partial charge >= 0.3 is 0 Å². The molecule has 1 aliphatic rings. The highest BCUT2D eigenvalue weighted by Crippen LogP contribution is 2.19. The van der Waals surface area contributed by atoms with Gasteiger partial charge in [-0.2, -0.15) is 5.10 Å². The van der Waals surface area contributed by atoms with Crippen molar-refractivity contribution in [2.75, 3.05) is 25.0 Å². The van der Waals surface area contributed by atoms with E-state index in [1.165, 1.54) is 0 Å². The van der Waals surface area contributed by atoms with E-state index in [9.17, 15) is 4.79 Å². The van der Waals surface area contributed by atoms with E-state index < -0.39 is 0 Å². The minimum absolute atomic E-state index is 0. The lowest BCUT2D eigenvalue weighted by Crippen LogP contribution is -2.40. The van der Waals surface area contributed by atoms with Crippen molar-refractivity contribution in [3.8, 4) is 11.3 Å². The van der Waals surface area contributed by atoms with Crippen molar-refractivity contribution in [3.05, 3.63) is 36.5 Å². The monoisotopic (exact) mass is 322 g/mol. The second kappa shape index (κ2) is 7.93. The number of amides is 1. The van der Waals surface area contributed by atoms with E-state index in [0.717, 1.165) is 30.0 Å². The second-order valence-corrected chi connectivity index (χ2v) is 5.00. The largest absolute Gasteiger partial charge is 0.375 e. The number of morpholine rings is 1. The molecule has 1 amide bonds. The Morgan fingerprint density at radius 1 is 1.32 bits per heavy atom. The molecule has 0 spiro atoms. The molecule has 1 aromatic carbocycles. The Bertz CT molecular complexity index is 580. The summed E-state index contributed by atoms with van der Waals surface area (Å²) in [4.78, 5) is 12.0. The summed E-state index contributed by atoms with van der Waals surface area (Å²) in [7, 11) is 0. The number of nitrogens with zero attached hydrogens (tertiary/aromatic N) is 1. The smallest absolute Gasteiger partial charge is 0.227 e. The molecule has 22 heavy (non-hydrogen) atoms. The number of hydrogen-bond acceptors (Lipinski definition) is 4. The lowest BCUT2D eigenvalue weighted by atomic mass is 10.1. The topological polar surface area (TPSA) is 79.0 Å². The molecule has 2 heterocycles. The van der Waals surface area contributed by atoms with Crippen molar-refractivity contribution in [1.29, 1.82) is 0 Å². The first-order valence-electron chi connectivity index (χ1n) is 7.03. The van der Waals surface area contributed by atoms with Gasteiger partial charge in [-0.25, -0.2) is 0 Å². The Hall–Kier alpha value is -1.89. The van der Waals surface area contributed by atoms with E-state index in [1.54, 1.807) is 6.20 Å².